The van der Waals surface area contributed by atoms with Gasteiger partial charge in [-0.3, -0.25) is 0 Å². The van der Waals surface area contributed by atoms with E-state index in [0.29, 0.717) is 25.7 Å². The lowest BCUT2D eigenvalue weighted by Gasteiger charge is -2.20. The highest BCUT2D eigenvalue weighted by Crippen LogP contribution is 2.31. The Kier molecular flexibility index (Phi) is 4.49. The van der Waals surface area contributed by atoms with Gasteiger partial charge in [0.15, 0.2) is 0 Å². The van der Waals surface area contributed by atoms with Gasteiger partial charge in [-0.25, -0.2) is 9.37 Å². The summed E-state index contributed by atoms with van der Waals surface area (Å²) in [6, 6.07) is 8.30. The third-order valence-electron chi connectivity index (χ3n) is 3.92. The van der Waals surface area contributed by atoms with Crippen LogP contribution in [0.25, 0.3) is 0 Å². The first kappa shape index (κ1) is 17.0. The molecule has 1 unspecified atom stereocenters. The van der Waals surface area contributed by atoms with Crippen LogP contribution < -0.4 is 9.64 Å². The van der Waals surface area contributed by atoms with Crippen LogP contribution in [0.15, 0.2) is 36.5 Å². The van der Waals surface area contributed by atoms with Crippen LogP contribution in [0.1, 0.15) is 17.5 Å². The molecule has 2 aromatic rings. The molecular weight excluding hydrogens is 338 g/mol. The van der Waals surface area contributed by atoms with E-state index >= 15 is 0 Å². The topological polar surface area (TPSA) is 49.2 Å². The van der Waals surface area contributed by atoms with Gasteiger partial charge >= 0.3 is 6.18 Å². The molecule has 1 aliphatic heterocycles. The van der Waals surface area contributed by atoms with E-state index in [0.717, 1.165) is 12.1 Å². The molecule has 0 N–H and O–H groups in total. The van der Waals surface area contributed by atoms with Gasteiger partial charge in [-0.05, 0) is 18.2 Å². The molecule has 0 spiro atoms. The van der Waals surface area contributed by atoms with E-state index in [1.54, 1.807) is 4.90 Å². The van der Waals surface area contributed by atoms with Gasteiger partial charge < -0.3 is 9.64 Å². The first-order valence-corrected chi connectivity index (χ1v) is 7.52. The summed E-state index contributed by atoms with van der Waals surface area (Å²) in [5.41, 5.74) is -0.400. The number of hydrogen-bond donors (Lipinski definition) is 0. The van der Waals surface area contributed by atoms with Crippen LogP contribution in [0.2, 0.25) is 0 Å². The van der Waals surface area contributed by atoms with E-state index in [4.69, 9.17) is 10.00 Å². The molecule has 1 atom stereocenters. The van der Waals surface area contributed by atoms with E-state index in [2.05, 4.69) is 4.98 Å². The number of nitrogens with zero attached hydrogens (tertiary/aromatic N) is 3. The van der Waals surface area contributed by atoms with Crippen molar-refractivity contribution in [3.05, 3.63) is 53.5 Å². The monoisotopic (exact) mass is 351 g/mol. The van der Waals surface area contributed by atoms with Crippen molar-refractivity contribution in [3.63, 3.8) is 0 Å². The molecule has 1 aromatic carbocycles. The SMILES string of the molecule is N#Cc1cccc(F)c1N1CCC(Oc2ccc(C(F)(F)F)cn2)C1. The maximum atomic E-state index is 14.0. The predicted octanol–water partition coefficient (Wildman–Crippen LogP) is 3.77. The van der Waals surface area contributed by atoms with Crippen LogP contribution in [-0.2, 0) is 6.18 Å². The predicted molar refractivity (Wildman–Crippen MR) is 81.6 cm³/mol. The number of ether oxygens (including phenoxy) is 1. The molecule has 130 valence electrons. The number of alkyl halides is 3. The fraction of sp³-hybridized carbons (Fsp3) is 0.294. The number of halogens is 4. The molecule has 0 aliphatic carbocycles. The highest BCUT2D eigenvalue weighted by atomic mass is 19.4. The molecule has 25 heavy (non-hydrogen) atoms. The highest BCUT2D eigenvalue weighted by Gasteiger charge is 2.31. The molecule has 2 heterocycles. The van der Waals surface area contributed by atoms with E-state index in [-0.39, 0.29) is 23.2 Å². The molecule has 3 rings (SSSR count). The third-order valence-corrected chi connectivity index (χ3v) is 3.92. The molecule has 8 heteroatoms. The Bertz CT molecular complexity index is 799. The minimum atomic E-state index is -4.45. The fourth-order valence-corrected chi connectivity index (χ4v) is 2.74. The van der Waals surface area contributed by atoms with Gasteiger partial charge in [0.1, 0.15) is 18.0 Å². The highest BCUT2D eigenvalue weighted by molar-refractivity contribution is 5.60. The van der Waals surface area contributed by atoms with Crippen LogP contribution in [0.5, 0.6) is 5.88 Å². The van der Waals surface area contributed by atoms with E-state index in [9.17, 15) is 17.6 Å². The second-order valence-corrected chi connectivity index (χ2v) is 5.61. The summed E-state index contributed by atoms with van der Waals surface area (Å²) in [5, 5.41) is 9.12. The minimum absolute atomic E-state index is 0.0777. The number of nitriles is 1. The van der Waals surface area contributed by atoms with Gasteiger partial charge in [0.05, 0.1) is 23.4 Å². The number of benzene rings is 1. The minimum Gasteiger partial charge on any atom is -0.472 e. The molecule has 0 radical (unpaired) electrons. The van der Waals surface area contributed by atoms with Gasteiger partial charge in [0.25, 0.3) is 0 Å². The smallest absolute Gasteiger partial charge is 0.417 e. The average Bonchev–Trinajstić information content (AvgIpc) is 3.02. The zero-order chi connectivity index (χ0) is 18.0. The van der Waals surface area contributed by atoms with Gasteiger partial charge in [0, 0.05) is 25.2 Å². The number of pyridine rings is 1. The summed E-state index contributed by atoms with van der Waals surface area (Å²) in [6.07, 6.45) is -3.54. The lowest BCUT2D eigenvalue weighted by atomic mass is 10.1. The summed E-state index contributed by atoms with van der Waals surface area (Å²) in [7, 11) is 0. The molecule has 0 saturated carbocycles. The molecule has 0 bridgehead atoms. The molecular formula is C17H13F4N3O. The third kappa shape index (κ3) is 3.65. The molecule has 1 saturated heterocycles. The van der Waals surface area contributed by atoms with Crippen LogP contribution in [0.4, 0.5) is 23.2 Å². The van der Waals surface area contributed by atoms with Crippen LogP contribution in [0, 0.1) is 17.1 Å². The summed E-state index contributed by atoms with van der Waals surface area (Å²) >= 11 is 0. The maximum Gasteiger partial charge on any atom is 0.417 e. The van der Waals surface area contributed by atoms with Gasteiger partial charge in [-0.15, -0.1) is 0 Å². The van der Waals surface area contributed by atoms with Crippen molar-refractivity contribution in [1.29, 1.82) is 5.26 Å². The molecule has 0 amide bonds. The lowest BCUT2D eigenvalue weighted by Crippen LogP contribution is -2.26. The van der Waals surface area contributed by atoms with Crippen molar-refractivity contribution in [1.82, 2.24) is 4.98 Å². The molecule has 1 aromatic heterocycles. The Labute approximate surface area is 141 Å². The molecule has 1 fully saturated rings. The normalized spacial score (nSPS) is 17.4. The van der Waals surface area contributed by atoms with Crippen LogP contribution in [0.3, 0.4) is 0 Å². The van der Waals surface area contributed by atoms with Gasteiger partial charge in [-0.2, -0.15) is 18.4 Å². The average molecular weight is 351 g/mol. The summed E-state index contributed by atoms with van der Waals surface area (Å²) < 4.78 is 57.2. The lowest BCUT2D eigenvalue weighted by molar-refractivity contribution is -0.137. The van der Waals surface area contributed by atoms with Crippen LogP contribution >= 0.6 is 0 Å². The quantitative estimate of drug-likeness (QED) is 0.790. The number of rotatable bonds is 3. The van der Waals surface area contributed by atoms with Crippen molar-refractivity contribution in [3.8, 4) is 11.9 Å². The second kappa shape index (κ2) is 6.59. The van der Waals surface area contributed by atoms with Crippen molar-refractivity contribution >= 4 is 5.69 Å². The zero-order valence-electron chi connectivity index (χ0n) is 12.9. The fourth-order valence-electron chi connectivity index (χ4n) is 2.74. The first-order chi connectivity index (χ1) is 11.9. The van der Waals surface area contributed by atoms with Crippen molar-refractivity contribution < 1.29 is 22.3 Å². The van der Waals surface area contributed by atoms with Gasteiger partial charge in [0.2, 0.25) is 5.88 Å². The van der Waals surface area contributed by atoms with Crippen LogP contribution in [-0.4, -0.2) is 24.2 Å². The Hall–Kier alpha value is -2.82. The van der Waals surface area contributed by atoms with E-state index < -0.39 is 17.6 Å². The molecule has 4 nitrogen and oxygen atoms in total. The van der Waals surface area contributed by atoms with E-state index in [1.165, 1.54) is 18.2 Å². The van der Waals surface area contributed by atoms with E-state index in [1.807, 2.05) is 6.07 Å². The van der Waals surface area contributed by atoms with Crippen molar-refractivity contribution in [2.45, 2.75) is 18.7 Å². The van der Waals surface area contributed by atoms with Crippen molar-refractivity contribution in [2.75, 3.05) is 18.0 Å². The zero-order valence-corrected chi connectivity index (χ0v) is 12.9. The number of aromatic nitrogens is 1. The summed E-state index contributed by atoms with van der Waals surface area (Å²) in [4.78, 5) is 5.37. The van der Waals surface area contributed by atoms with Gasteiger partial charge in [-0.1, -0.05) is 6.07 Å². The summed E-state index contributed by atoms with van der Waals surface area (Å²) in [6.45, 7) is 0.791. The Morgan fingerprint density at radius 3 is 2.68 bits per heavy atom. The Balaban J connectivity index is 1.69. The number of para-hydroxylation sites is 1. The largest absolute Gasteiger partial charge is 0.472 e. The Morgan fingerprint density at radius 2 is 2.04 bits per heavy atom. The first-order valence-electron chi connectivity index (χ1n) is 7.52. The number of anilines is 1. The van der Waals surface area contributed by atoms with Crippen molar-refractivity contribution in [2.24, 2.45) is 0 Å². The maximum absolute atomic E-state index is 14.0. The number of hydrogen-bond acceptors (Lipinski definition) is 4. The second-order valence-electron chi connectivity index (χ2n) is 5.61. The molecule has 1 aliphatic rings. The standard InChI is InChI=1S/C17H13F4N3O/c18-14-3-1-2-11(8-22)16(14)24-7-6-13(10-24)25-15-5-4-12(9-23-15)17(19,20)21/h1-5,9,13H,6-7,10H2. The Morgan fingerprint density at radius 1 is 1.24 bits per heavy atom. The summed E-state index contributed by atoms with van der Waals surface area (Å²) in [5.74, 6) is -0.416.